The van der Waals surface area contributed by atoms with Crippen molar-refractivity contribution in [3.05, 3.63) is 0 Å². The Bertz CT molecular complexity index is 733. The van der Waals surface area contributed by atoms with Crippen LogP contribution in [0.3, 0.4) is 0 Å². The van der Waals surface area contributed by atoms with Crippen LogP contribution in [0.1, 0.15) is 79.1 Å². The number of rotatable bonds is 2. The van der Waals surface area contributed by atoms with Crippen molar-refractivity contribution in [3.63, 3.8) is 0 Å². The molecule has 4 saturated carbocycles. The second-order valence-corrected chi connectivity index (χ2v) is 10.4. The molecule has 6 heteroatoms. The van der Waals surface area contributed by atoms with Crippen LogP contribution in [0.5, 0.6) is 0 Å². The van der Waals surface area contributed by atoms with E-state index in [-0.39, 0.29) is 53.1 Å². The molecule has 8 atom stereocenters. The Balaban J connectivity index is 1.78. The molecule has 1 N–H and O–H groups in total. The van der Waals surface area contributed by atoms with E-state index in [1.807, 2.05) is 6.92 Å². The lowest BCUT2D eigenvalue weighted by atomic mass is 9.42. The van der Waals surface area contributed by atoms with Gasteiger partial charge in [-0.3, -0.25) is 14.4 Å². The zero-order valence-electron chi connectivity index (χ0n) is 18.0. The van der Waals surface area contributed by atoms with E-state index in [1.54, 1.807) is 0 Å². The average molecular weight is 407 g/mol. The maximum Gasteiger partial charge on any atom is 0.302 e. The smallest absolute Gasteiger partial charge is 0.302 e. The van der Waals surface area contributed by atoms with E-state index in [0.717, 1.165) is 32.1 Å². The SMILES string of the molecule is CC(=O)O[C@@H]1C[C@]2(C)[C@H](CC[C@H]2OC(C)=O)[C@@H]2CC(=O)[C@@]3(O)CCCC[C@]3(C)[C@@H]21. The third-order valence-electron chi connectivity index (χ3n) is 9.02. The van der Waals surface area contributed by atoms with Crippen LogP contribution in [0.15, 0.2) is 0 Å². The van der Waals surface area contributed by atoms with Crippen LogP contribution < -0.4 is 0 Å². The summed E-state index contributed by atoms with van der Waals surface area (Å²) in [4.78, 5) is 37.0. The molecule has 0 aromatic rings. The molecule has 0 aliphatic heterocycles. The van der Waals surface area contributed by atoms with Crippen molar-refractivity contribution in [2.45, 2.75) is 96.9 Å². The number of hydrogen-bond donors (Lipinski definition) is 1. The predicted octanol–water partition coefficient (Wildman–Crippen LogP) is 3.19. The lowest BCUT2D eigenvalue weighted by Crippen LogP contribution is -2.69. The molecule has 29 heavy (non-hydrogen) atoms. The molecule has 4 aliphatic carbocycles. The number of aliphatic hydroxyl groups is 1. The number of ether oxygens (including phenoxy) is 2. The minimum atomic E-state index is -1.33. The molecule has 4 rings (SSSR count). The Kier molecular flexibility index (Phi) is 4.88. The lowest BCUT2D eigenvalue weighted by molar-refractivity contribution is -0.233. The summed E-state index contributed by atoms with van der Waals surface area (Å²) in [6.07, 6.45) is 5.08. The second-order valence-electron chi connectivity index (χ2n) is 10.4. The first-order valence-electron chi connectivity index (χ1n) is 11.1. The van der Waals surface area contributed by atoms with E-state index < -0.39 is 11.0 Å². The van der Waals surface area contributed by atoms with Gasteiger partial charge in [0.15, 0.2) is 5.78 Å². The fraction of sp³-hybridized carbons (Fsp3) is 0.870. The van der Waals surface area contributed by atoms with E-state index in [4.69, 9.17) is 9.47 Å². The van der Waals surface area contributed by atoms with Crippen LogP contribution >= 0.6 is 0 Å². The topological polar surface area (TPSA) is 89.9 Å². The summed E-state index contributed by atoms with van der Waals surface area (Å²) < 4.78 is 11.6. The Morgan fingerprint density at radius 1 is 1.03 bits per heavy atom. The largest absolute Gasteiger partial charge is 0.462 e. The molecule has 4 aliphatic rings. The molecular formula is C23H34O6. The highest BCUT2D eigenvalue weighted by atomic mass is 16.6. The molecule has 6 nitrogen and oxygen atoms in total. The van der Waals surface area contributed by atoms with Crippen molar-refractivity contribution in [2.75, 3.05) is 0 Å². The molecule has 0 aromatic carbocycles. The van der Waals surface area contributed by atoms with Gasteiger partial charge in [0, 0.05) is 37.0 Å². The average Bonchev–Trinajstić information content (AvgIpc) is 2.92. The minimum Gasteiger partial charge on any atom is -0.462 e. The van der Waals surface area contributed by atoms with Gasteiger partial charge in [0.1, 0.15) is 17.8 Å². The van der Waals surface area contributed by atoms with Crippen molar-refractivity contribution >= 4 is 17.7 Å². The summed E-state index contributed by atoms with van der Waals surface area (Å²) in [6.45, 7) is 7.02. The van der Waals surface area contributed by atoms with Gasteiger partial charge in [-0.1, -0.05) is 26.7 Å². The Morgan fingerprint density at radius 2 is 1.69 bits per heavy atom. The molecule has 4 fully saturated rings. The molecule has 0 unspecified atom stereocenters. The van der Waals surface area contributed by atoms with Gasteiger partial charge < -0.3 is 14.6 Å². The van der Waals surface area contributed by atoms with E-state index in [1.165, 1.54) is 13.8 Å². The fourth-order valence-corrected chi connectivity index (χ4v) is 7.82. The van der Waals surface area contributed by atoms with Gasteiger partial charge in [-0.2, -0.15) is 0 Å². The molecule has 0 radical (unpaired) electrons. The molecule has 0 spiro atoms. The third-order valence-corrected chi connectivity index (χ3v) is 9.02. The van der Waals surface area contributed by atoms with Gasteiger partial charge >= 0.3 is 11.9 Å². The van der Waals surface area contributed by atoms with Crippen LogP contribution in [0.2, 0.25) is 0 Å². The summed E-state index contributed by atoms with van der Waals surface area (Å²) in [5.74, 6) is -0.481. The first kappa shape index (κ1) is 20.8. The van der Waals surface area contributed by atoms with Crippen LogP contribution in [0, 0.1) is 28.6 Å². The van der Waals surface area contributed by atoms with E-state index in [9.17, 15) is 19.5 Å². The number of Topliss-reactive ketones (excluding diaryl/α,β-unsaturated/α-hetero) is 1. The highest BCUT2D eigenvalue weighted by Crippen LogP contribution is 2.67. The number of hydrogen-bond acceptors (Lipinski definition) is 6. The highest BCUT2D eigenvalue weighted by molar-refractivity contribution is 5.89. The summed E-state index contributed by atoms with van der Waals surface area (Å²) in [5.41, 5.74) is -2.24. The van der Waals surface area contributed by atoms with E-state index in [2.05, 4.69) is 6.92 Å². The normalized spacial score (nSPS) is 48.9. The summed E-state index contributed by atoms with van der Waals surface area (Å²) >= 11 is 0. The van der Waals surface area contributed by atoms with E-state index >= 15 is 0 Å². The molecule has 162 valence electrons. The standard InChI is InChI=1S/C23H34O6/c1-13(24)28-17-12-21(3)16(7-8-19(21)29-14(2)25)15-11-18(26)23(27)10-6-5-9-22(23,4)20(15)17/h15-17,19-20,27H,5-12H2,1-4H3/t15-,16+,17+,19+,20-,21+,22+,23-/m0/s1. The van der Waals surface area contributed by atoms with Gasteiger partial charge in [-0.05, 0) is 43.9 Å². The number of ketones is 1. The van der Waals surface area contributed by atoms with Crippen molar-refractivity contribution in [1.29, 1.82) is 0 Å². The Hall–Kier alpha value is -1.43. The van der Waals surface area contributed by atoms with Gasteiger partial charge in [-0.25, -0.2) is 0 Å². The zero-order valence-corrected chi connectivity index (χ0v) is 18.0. The zero-order chi connectivity index (χ0) is 21.2. The molecule has 0 amide bonds. The van der Waals surface area contributed by atoms with Gasteiger partial charge in [0.25, 0.3) is 0 Å². The molecule has 0 bridgehead atoms. The van der Waals surface area contributed by atoms with Crippen molar-refractivity contribution < 1.29 is 29.0 Å². The van der Waals surface area contributed by atoms with Crippen LogP contribution in [0.25, 0.3) is 0 Å². The summed E-state index contributed by atoms with van der Waals surface area (Å²) in [6, 6.07) is 0. The van der Waals surface area contributed by atoms with E-state index in [0.29, 0.717) is 19.3 Å². The molecule has 0 aromatic heterocycles. The van der Waals surface area contributed by atoms with Crippen molar-refractivity contribution in [1.82, 2.24) is 0 Å². The lowest BCUT2D eigenvalue weighted by Gasteiger charge is -2.63. The highest BCUT2D eigenvalue weighted by Gasteiger charge is 2.70. The van der Waals surface area contributed by atoms with Crippen LogP contribution in [-0.2, 0) is 23.9 Å². The summed E-state index contributed by atoms with van der Waals surface area (Å²) in [5, 5.41) is 11.5. The van der Waals surface area contributed by atoms with Crippen LogP contribution in [0.4, 0.5) is 0 Å². The van der Waals surface area contributed by atoms with Crippen molar-refractivity contribution in [3.8, 4) is 0 Å². The predicted molar refractivity (Wildman–Crippen MR) is 105 cm³/mol. The first-order chi connectivity index (χ1) is 13.5. The fourth-order valence-electron chi connectivity index (χ4n) is 7.82. The maximum atomic E-state index is 13.2. The van der Waals surface area contributed by atoms with Gasteiger partial charge in [0.2, 0.25) is 0 Å². The monoisotopic (exact) mass is 406 g/mol. The number of carbonyl (C=O) groups excluding carboxylic acids is 3. The first-order valence-corrected chi connectivity index (χ1v) is 11.1. The van der Waals surface area contributed by atoms with Crippen molar-refractivity contribution in [2.24, 2.45) is 28.6 Å². The molecule has 0 saturated heterocycles. The third kappa shape index (κ3) is 2.88. The molecular weight excluding hydrogens is 372 g/mol. The minimum absolute atomic E-state index is 0.0366. The quantitative estimate of drug-likeness (QED) is 0.709. The number of carbonyl (C=O) groups is 3. The number of fused-ring (bicyclic) bond motifs is 5. The maximum absolute atomic E-state index is 13.2. The van der Waals surface area contributed by atoms with Gasteiger partial charge in [0.05, 0.1) is 0 Å². The Labute approximate surface area is 172 Å². The van der Waals surface area contributed by atoms with Crippen LogP contribution in [-0.4, -0.2) is 40.6 Å². The molecule has 0 heterocycles. The number of esters is 2. The summed E-state index contributed by atoms with van der Waals surface area (Å²) in [7, 11) is 0. The second kappa shape index (κ2) is 6.79. The van der Waals surface area contributed by atoms with Gasteiger partial charge in [-0.15, -0.1) is 0 Å². The Morgan fingerprint density at radius 3 is 2.34 bits per heavy atom.